The summed E-state index contributed by atoms with van der Waals surface area (Å²) in [5.74, 6) is -0.425. The molecule has 1 N–H and O–H groups in total. The number of thiophene rings is 1. The van der Waals surface area contributed by atoms with Crippen LogP contribution in [0.2, 0.25) is 0 Å². The van der Waals surface area contributed by atoms with Gasteiger partial charge in [0, 0.05) is 10.6 Å². The lowest BCUT2D eigenvalue weighted by molar-refractivity contribution is -0.127. The molecule has 0 radical (unpaired) electrons. The molecule has 1 fully saturated rings. The van der Waals surface area contributed by atoms with Crippen molar-refractivity contribution in [1.29, 1.82) is 0 Å². The molecule has 5 nitrogen and oxygen atoms in total. The lowest BCUT2D eigenvalue weighted by atomic mass is 10.0. The average Bonchev–Trinajstić information content (AvgIpc) is 3.20. The van der Waals surface area contributed by atoms with Gasteiger partial charge in [-0.25, -0.2) is 0 Å². The third kappa shape index (κ3) is 4.23. The molecule has 2 aromatic rings. The Morgan fingerprint density at radius 2 is 1.92 bits per heavy atom. The van der Waals surface area contributed by atoms with Crippen LogP contribution < -0.4 is 5.32 Å². The highest BCUT2D eigenvalue weighted by molar-refractivity contribution is 8.18. The molecule has 0 bridgehead atoms. The lowest BCUT2D eigenvalue weighted by Crippen LogP contribution is -2.36. The monoisotopic (exact) mass is 386 g/mol. The third-order valence-corrected chi connectivity index (χ3v) is 5.58. The Balaban J connectivity index is 1.63. The average molecular weight is 386 g/mol. The van der Waals surface area contributed by atoms with Crippen molar-refractivity contribution in [2.45, 2.75) is 19.8 Å². The SMILES string of the molecule is CC(C)c1ccc(NC(=O)CN2C(=O)S/C(=C/c3cccs3)C2=O)cc1. The minimum atomic E-state index is -0.432. The standard InChI is InChI=1S/C19H18N2O3S2/c1-12(2)13-5-7-14(8-6-13)20-17(22)11-21-18(23)16(26-19(21)24)10-15-4-3-9-25-15/h3-10,12H,11H2,1-2H3,(H,20,22)/b16-10+. The number of rotatable bonds is 5. The lowest BCUT2D eigenvalue weighted by Gasteiger charge is -2.13. The maximum absolute atomic E-state index is 12.4. The summed E-state index contributed by atoms with van der Waals surface area (Å²) in [5.41, 5.74) is 1.81. The summed E-state index contributed by atoms with van der Waals surface area (Å²) in [6.45, 7) is 3.90. The largest absolute Gasteiger partial charge is 0.325 e. The molecule has 1 saturated heterocycles. The van der Waals surface area contributed by atoms with Crippen LogP contribution in [0.3, 0.4) is 0 Å². The zero-order valence-corrected chi connectivity index (χ0v) is 16.0. The van der Waals surface area contributed by atoms with Crippen molar-refractivity contribution in [2.24, 2.45) is 0 Å². The van der Waals surface area contributed by atoms with Crippen molar-refractivity contribution in [3.63, 3.8) is 0 Å². The predicted octanol–water partition coefficient (Wildman–Crippen LogP) is 4.55. The van der Waals surface area contributed by atoms with Crippen molar-refractivity contribution in [2.75, 3.05) is 11.9 Å². The normalized spacial score (nSPS) is 16.0. The van der Waals surface area contributed by atoms with Crippen LogP contribution in [0.5, 0.6) is 0 Å². The van der Waals surface area contributed by atoms with Crippen LogP contribution in [-0.4, -0.2) is 28.5 Å². The second-order valence-corrected chi connectivity index (χ2v) is 8.08. The predicted molar refractivity (Wildman–Crippen MR) is 106 cm³/mol. The highest BCUT2D eigenvalue weighted by Crippen LogP contribution is 2.32. The molecule has 7 heteroatoms. The molecule has 3 amide bonds. The first-order chi connectivity index (χ1) is 12.4. The quantitative estimate of drug-likeness (QED) is 0.766. The van der Waals surface area contributed by atoms with E-state index in [9.17, 15) is 14.4 Å². The van der Waals surface area contributed by atoms with E-state index in [4.69, 9.17) is 0 Å². The maximum atomic E-state index is 12.4. The Morgan fingerprint density at radius 3 is 2.54 bits per heavy atom. The number of imide groups is 1. The van der Waals surface area contributed by atoms with E-state index in [0.717, 1.165) is 21.5 Å². The van der Waals surface area contributed by atoms with Gasteiger partial charge < -0.3 is 5.32 Å². The Kier molecular flexibility index (Phi) is 5.58. The van der Waals surface area contributed by atoms with Crippen LogP contribution in [0.4, 0.5) is 10.5 Å². The van der Waals surface area contributed by atoms with Gasteiger partial charge in [-0.15, -0.1) is 11.3 Å². The van der Waals surface area contributed by atoms with Crippen molar-refractivity contribution in [1.82, 2.24) is 4.90 Å². The summed E-state index contributed by atoms with van der Waals surface area (Å²) in [6.07, 6.45) is 1.68. The molecule has 0 atom stereocenters. The summed E-state index contributed by atoms with van der Waals surface area (Å²) >= 11 is 2.34. The number of carbonyl (C=O) groups is 3. The molecule has 1 aromatic heterocycles. The highest BCUT2D eigenvalue weighted by Gasteiger charge is 2.36. The Hall–Kier alpha value is -2.38. The summed E-state index contributed by atoms with van der Waals surface area (Å²) in [4.78, 5) is 38.9. The zero-order chi connectivity index (χ0) is 18.7. The van der Waals surface area contributed by atoms with Crippen molar-refractivity contribution in [3.05, 3.63) is 57.1 Å². The molecule has 0 unspecified atom stereocenters. The summed E-state index contributed by atoms with van der Waals surface area (Å²) < 4.78 is 0. The Morgan fingerprint density at radius 1 is 1.19 bits per heavy atom. The molecular weight excluding hydrogens is 368 g/mol. The number of benzene rings is 1. The second-order valence-electron chi connectivity index (χ2n) is 6.11. The zero-order valence-electron chi connectivity index (χ0n) is 14.4. The molecule has 1 aliphatic rings. The number of thioether (sulfide) groups is 1. The van der Waals surface area contributed by atoms with Crippen LogP contribution in [0.25, 0.3) is 6.08 Å². The van der Waals surface area contributed by atoms with Crippen LogP contribution in [0.1, 0.15) is 30.2 Å². The Labute approximate surface area is 160 Å². The first-order valence-electron chi connectivity index (χ1n) is 8.12. The van der Waals surface area contributed by atoms with Gasteiger partial charge in [0.25, 0.3) is 11.1 Å². The molecule has 134 valence electrons. The van der Waals surface area contributed by atoms with E-state index in [1.807, 2.05) is 41.8 Å². The van der Waals surface area contributed by atoms with Crippen LogP contribution in [-0.2, 0) is 9.59 Å². The second kappa shape index (κ2) is 7.88. The first kappa shape index (κ1) is 18.4. The maximum Gasteiger partial charge on any atom is 0.294 e. The van der Waals surface area contributed by atoms with Gasteiger partial charge in [0.1, 0.15) is 6.54 Å². The number of anilines is 1. The number of amides is 3. The molecule has 2 heterocycles. The molecule has 0 saturated carbocycles. The van der Waals surface area contributed by atoms with E-state index in [1.165, 1.54) is 16.9 Å². The summed E-state index contributed by atoms with van der Waals surface area (Å²) in [5, 5.41) is 4.19. The minimum absolute atomic E-state index is 0.293. The Bertz CT molecular complexity index is 855. The van der Waals surface area contributed by atoms with E-state index in [1.54, 1.807) is 6.08 Å². The van der Waals surface area contributed by atoms with E-state index in [2.05, 4.69) is 19.2 Å². The summed E-state index contributed by atoms with van der Waals surface area (Å²) in [7, 11) is 0. The number of hydrogen-bond acceptors (Lipinski definition) is 5. The molecule has 1 aromatic carbocycles. The first-order valence-corrected chi connectivity index (χ1v) is 9.82. The van der Waals surface area contributed by atoms with E-state index in [-0.39, 0.29) is 6.54 Å². The van der Waals surface area contributed by atoms with Crippen LogP contribution in [0.15, 0.2) is 46.7 Å². The number of nitrogens with one attached hydrogen (secondary N) is 1. The fourth-order valence-corrected chi connectivity index (χ4v) is 4.00. The van der Waals surface area contributed by atoms with E-state index in [0.29, 0.717) is 16.5 Å². The number of hydrogen-bond donors (Lipinski definition) is 1. The van der Waals surface area contributed by atoms with Gasteiger partial charge in [0.2, 0.25) is 5.91 Å². The van der Waals surface area contributed by atoms with Gasteiger partial charge in [0.05, 0.1) is 4.91 Å². The van der Waals surface area contributed by atoms with Crippen molar-refractivity contribution >= 4 is 51.9 Å². The molecule has 0 spiro atoms. The van der Waals surface area contributed by atoms with Crippen molar-refractivity contribution in [3.8, 4) is 0 Å². The van der Waals surface area contributed by atoms with Gasteiger partial charge in [-0.05, 0) is 52.9 Å². The van der Waals surface area contributed by atoms with Crippen molar-refractivity contribution < 1.29 is 14.4 Å². The van der Waals surface area contributed by atoms with Gasteiger partial charge in [-0.2, -0.15) is 0 Å². The summed E-state index contributed by atoms with van der Waals surface area (Å²) in [6, 6.07) is 11.3. The molecule has 26 heavy (non-hydrogen) atoms. The highest BCUT2D eigenvalue weighted by atomic mass is 32.2. The van der Waals surface area contributed by atoms with Gasteiger partial charge in [-0.1, -0.05) is 32.0 Å². The third-order valence-electron chi connectivity index (χ3n) is 3.85. The smallest absolute Gasteiger partial charge is 0.294 e. The van der Waals surface area contributed by atoms with E-state index >= 15 is 0 Å². The fraction of sp³-hybridized carbons (Fsp3) is 0.211. The van der Waals surface area contributed by atoms with Gasteiger partial charge in [0.15, 0.2) is 0 Å². The van der Waals surface area contributed by atoms with Crippen LogP contribution >= 0.6 is 23.1 Å². The van der Waals surface area contributed by atoms with Gasteiger partial charge in [-0.3, -0.25) is 19.3 Å². The van der Waals surface area contributed by atoms with E-state index < -0.39 is 17.1 Å². The fourth-order valence-electron chi connectivity index (χ4n) is 2.43. The van der Waals surface area contributed by atoms with Crippen LogP contribution in [0, 0.1) is 0 Å². The molecule has 1 aliphatic heterocycles. The molecule has 3 rings (SSSR count). The van der Waals surface area contributed by atoms with Gasteiger partial charge >= 0.3 is 0 Å². The number of nitrogens with zero attached hydrogens (tertiary/aromatic N) is 1. The topological polar surface area (TPSA) is 66.5 Å². The minimum Gasteiger partial charge on any atom is -0.325 e. The molecule has 0 aliphatic carbocycles. The molecular formula is C19H18N2O3S2. The number of carbonyl (C=O) groups excluding carboxylic acids is 3.